The van der Waals surface area contributed by atoms with E-state index >= 15 is 0 Å². The lowest BCUT2D eigenvalue weighted by Crippen LogP contribution is -2.36. The molecule has 1 heterocycles. The summed E-state index contributed by atoms with van der Waals surface area (Å²) < 4.78 is 10.9. The molecule has 4 rings (SSSR count). The number of methoxy groups -OCH3 is 1. The summed E-state index contributed by atoms with van der Waals surface area (Å²) in [5, 5.41) is 3.39. The summed E-state index contributed by atoms with van der Waals surface area (Å²) in [7, 11) is 1.61. The van der Waals surface area contributed by atoms with Crippen molar-refractivity contribution in [1.82, 2.24) is 5.32 Å². The summed E-state index contributed by atoms with van der Waals surface area (Å²) in [4.78, 5) is 26.6. The molecule has 1 N–H and O–H groups in total. The third kappa shape index (κ3) is 4.20. The molecule has 2 aliphatic rings. The first-order chi connectivity index (χ1) is 15.5. The van der Waals surface area contributed by atoms with E-state index in [0.717, 1.165) is 35.4 Å². The van der Waals surface area contributed by atoms with Gasteiger partial charge in [0, 0.05) is 29.3 Å². The molecule has 2 aromatic carbocycles. The summed E-state index contributed by atoms with van der Waals surface area (Å²) in [5.74, 6) is 0.00711. The van der Waals surface area contributed by atoms with Crippen LogP contribution < -0.4 is 10.1 Å². The van der Waals surface area contributed by atoms with Crippen molar-refractivity contribution in [2.75, 3.05) is 13.7 Å². The number of carbonyl (C=O) groups excluding carboxylic acids is 2. The maximum atomic E-state index is 13.5. The van der Waals surface area contributed by atoms with Crippen LogP contribution in [0.5, 0.6) is 5.75 Å². The smallest absolute Gasteiger partial charge is 0.336 e. The van der Waals surface area contributed by atoms with Gasteiger partial charge in [-0.05, 0) is 48.9 Å². The highest BCUT2D eigenvalue weighted by Gasteiger charge is 2.41. The third-order valence-electron chi connectivity index (χ3n) is 6.18. The summed E-state index contributed by atoms with van der Waals surface area (Å²) >= 11 is 0. The minimum atomic E-state index is -0.477. The number of Topliss-reactive ketones (excluding diaryl/α,β-unsaturated/α-hetero) is 1. The number of ether oxygens (including phenoxy) is 2. The topological polar surface area (TPSA) is 64.6 Å². The standard InChI is InChI=1S/C27H29NO4/c1-4-13-32-27(30)24-17(2)28-22-15-20(18-9-6-5-7-10-18)16-23(29)26(22)25(24)19-11-8-12-21(14-19)31-3/h5-12,14,20,25,28H,4,13,15-16H2,1-3H3/t20-,25-/m1/s1. The Kier molecular flexibility index (Phi) is 6.45. The summed E-state index contributed by atoms with van der Waals surface area (Å²) in [6.45, 7) is 4.19. The van der Waals surface area contributed by atoms with Crippen molar-refractivity contribution >= 4 is 11.8 Å². The zero-order valence-corrected chi connectivity index (χ0v) is 18.8. The van der Waals surface area contributed by atoms with Crippen molar-refractivity contribution in [3.05, 3.63) is 88.3 Å². The molecule has 0 saturated heterocycles. The fourth-order valence-electron chi connectivity index (χ4n) is 4.70. The molecular weight excluding hydrogens is 402 g/mol. The molecule has 0 bridgehead atoms. The van der Waals surface area contributed by atoms with Crippen molar-refractivity contribution in [1.29, 1.82) is 0 Å². The largest absolute Gasteiger partial charge is 0.497 e. The second kappa shape index (κ2) is 9.43. The van der Waals surface area contributed by atoms with Crippen LogP contribution in [0.1, 0.15) is 56.1 Å². The van der Waals surface area contributed by atoms with Gasteiger partial charge < -0.3 is 14.8 Å². The third-order valence-corrected chi connectivity index (χ3v) is 6.18. The van der Waals surface area contributed by atoms with E-state index < -0.39 is 5.92 Å². The fraction of sp³-hybridized carbons (Fsp3) is 0.333. The molecule has 32 heavy (non-hydrogen) atoms. The van der Waals surface area contributed by atoms with Gasteiger partial charge in [0.15, 0.2) is 5.78 Å². The van der Waals surface area contributed by atoms with Crippen molar-refractivity contribution < 1.29 is 19.1 Å². The lowest BCUT2D eigenvalue weighted by Gasteiger charge is -2.36. The minimum absolute atomic E-state index is 0.0636. The zero-order valence-electron chi connectivity index (χ0n) is 18.8. The van der Waals surface area contributed by atoms with Crippen molar-refractivity contribution in [2.24, 2.45) is 0 Å². The average Bonchev–Trinajstić information content (AvgIpc) is 2.82. The lowest BCUT2D eigenvalue weighted by molar-refractivity contribution is -0.139. The molecule has 0 amide bonds. The van der Waals surface area contributed by atoms with Gasteiger partial charge in [0.25, 0.3) is 0 Å². The molecule has 0 radical (unpaired) electrons. The van der Waals surface area contributed by atoms with Crippen LogP contribution >= 0.6 is 0 Å². The van der Waals surface area contributed by atoms with E-state index in [9.17, 15) is 9.59 Å². The van der Waals surface area contributed by atoms with E-state index in [2.05, 4.69) is 17.4 Å². The zero-order chi connectivity index (χ0) is 22.7. The molecule has 0 unspecified atom stereocenters. The van der Waals surface area contributed by atoms with Crippen LogP contribution in [0.2, 0.25) is 0 Å². The number of esters is 1. The van der Waals surface area contributed by atoms with Gasteiger partial charge in [0.1, 0.15) is 5.75 Å². The second-order valence-corrected chi connectivity index (χ2v) is 8.34. The molecule has 2 atom stereocenters. The minimum Gasteiger partial charge on any atom is -0.497 e. The van der Waals surface area contributed by atoms with Gasteiger partial charge >= 0.3 is 5.97 Å². The van der Waals surface area contributed by atoms with Crippen molar-refractivity contribution in [2.45, 2.75) is 44.9 Å². The van der Waals surface area contributed by atoms with Crippen LogP contribution in [0, 0.1) is 0 Å². The van der Waals surface area contributed by atoms with E-state index in [1.807, 2.05) is 56.3 Å². The number of allylic oxidation sites excluding steroid dienone is 3. The van der Waals surface area contributed by atoms with E-state index in [0.29, 0.717) is 29.9 Å². The van der Waals surface area contributed by atoms with Crippen LogP contribution in [-0.4, -0.2) is 25.5 Å². The average molecular weight is 432 g/mol. The maximum absolute atomic E-state index is 13.5. The van der Waals surface area contributed by atoms with E-state index in [-0.39, 0.29) is 17.7 Å². The molecule has 0 spiro atoms. The van der Waals surface area contributed by atoms with Crippen LogP contribution in [0.15, 0.2) is 77.1 Å². The first kappa shape index (κ1) is 21.9. The number of ketones is 1. The van der Waals surface area contributed by atoms with Gasteiger partial charge in [-0.25, -0.2) is 4.79 Å². The second-order valence-electron chi connectivity index (χ2n) is 8.34. The predicted molar refractivity (Wildman–Crippen MR) is 123 cm³/mol. The number of nitrogens with one attached hydrogen (secondary N) is 1. The highest BCUT2D eigenvalue weighted by atomic mass is 16.5. The monoisotopic (exact) mass is 431 g/mol. The number of dihydropyridines is 1. The van der Waals surface area contributed by atoms with Gasteiger partial charge in [0.05, 0.1) is 19.3 Å². The van der Waals surface area contributed by atoms with Gasteiger partial charge in [-0.1, -0.05) is 49.4 Å². The van der Waals surface area contributed by atoms with E-state index in [4.69, 9.17) is 9.47 Å². The Bertz CT molecular complexity index is 1080. The molecule has 5 heteroatoms. The normalized spacial score (nSPS) is 20.5. The Morgan fingerprint density at radius 2 is 1.81 bits per heavy atom. The van der Waals surface area contributed by atoms with Crippen molar-refractivity contribution in [3.63, 3.8) is 0 Å². The molecule has 0 fully saturated rings. The highest BCUT2D eigenvalue weighted by Crippen LogP contribution is 2.46. The lowest BCUT2D eigenvalue weighted by atomic mass is 9.71. The number of hydrogen-bond donors (Lipinski definition) is 1. The van der Waals surface area contributed by atoms with Crippen LogP contribution in [0.4, 0.5) is 0 Å². The van der Waals surface area contributed by atoms with Gasteiger partial charge in [-0.2, -0.15) is 0 Å². The SMILES string of the molecule is CCCOC(=O)C1=C(C)NC2=C(C(=O)C[C@H](c3ccccc3)C2)[C@@H]1c1cccc(OC)c1. The Morgan fingerprint density at radius 1 is 1.06 bits per heavy atom. The predicted octanol–water partition coefficient (Wildman–Crippen LogP) is 5.01. The first-order valence-electron chi connectivity index (χ1n) is 11.1. The molecule has 0 aromatic heterocycles. The summed E-state index contributed by atoms with van der Waals surface area (Å²) in [5.41, 5.74) is 4.80. The molecule has 1 aliphatic carbocycles. The van der Waals surface area contributed by atoms with Crippen LogP contribution in [0.25, 0.3) is 0 Å². The molecule has 0 saturated carbocycles. The molecule has 1 aliphatic heterocycles. The van der Waals surface area contributed by atoms with Gasteiger partial charge in [-0.3, -0.25) is 4.79 Å². The van der Waals surface area contributed by atoms with Crippen molar-refractivity contribution in [3.8, 4) is 5.75 Å². The molecule has 166 valence electrons. The number of rotatable bonds is 6. The molecule has 2 aromatic rings. The Balaban J connectivity index is 1.79. The molecule has 5 nitrogen and oxygen atoms in total. The Labute approximate surface area is 189 Å². The van der Waals surface area contributed by atoms with Crippen LogP contribution in [0.3, 0.4) is 0 Å². The maximum Gasteiger partial charge on any atom is 0.336 e. The number of hydrogen-bond acceptors (Lipinski definition) is 5. The Morgan fingerprint density at radius 3 is 2.53 bits per heavy atom. The van der Waals surface area contributed by atoms with E-state index in [1.54, 1.807) is 7.11 Å². The van der Waals surface area contributed by atoms with Gasteiger partial charge in [0.2, 0.25) is 0 Å². The summed E-state index contributed by atoms with van der Waals surface area (Å²) in [6, 6.07) is 17.7. The van der Waals surface area contributed by atoms with Gasteiger partial charge in [-0.15, -0.1) is 0 Å². The highest BCUT2D eigenvalue weighted by molar-refractivity contribution is 6.04. The number of benzene rings is 2. The van der Waals surface area contributed by atoms with Crippen LogP contribution in [-0.2, 0) is 14.3 Å². The first-order valence-corrected chi connectivity index (χ1v) is 11.1. The summed E-state index contributed by atoms with van der Waals surface area (Å²) in [6.07, 6.45) is 1.88. The fourth-order valence-corrected chi connectivity index (χ4v) is 4.70. The quantitative estimate of drug-likeness (QED) is 0.652. The Hall–Kier alpha value is -3.34. The van der Waals surface area contributed by atoms with E-state index in [1.165, 1.54) is 0 Å². The molecular formula is C27H29NO4. The number of carbonyl (C=O) groups is 2.